The molecule has 5 nitrogen and oxygen atoms in total. The number of amides is 1. The van der Waals surface area contributed by atoms with Crippen molar-refractivity contribution in [2.45, 2.75) is 18.6 Å². The molecule has 1 amide bonds. The maximum atomic E-state index is 12.7. The fourth-order valence-corrected chi connectivity index (χ4v) is 5.03. The Morgan fingerprint density at radius 1 is 1.12 bits per heavy atom. The monoisotopic (exact) mass is 484 g/mol. The number of sulfonamides is 1. The highest BCUT2D eigenvalue weighted by Crippen LogP contribution is 2.23. The number of nitrogens with one attached hydrogen (secondary N) is 1. The number of piperidine rings is 1. The molecule has 1 aliphatic heterocycles. The van der Waals surface area contributed by atoms with Gasteiger partial charge in [-0.25, -0.2) is 12.7 Å². The van der Waals surface area contributed by atoms with Crippen LogP contribution in [0.1, 0.15) is 18.4 Å². The predicted molar refractivity (Wildman–Crippen MR) is 111 cm³/mol. The molecule has 1 saturated heterocycles. The molecule has 0 radical (unpaired) electrons. The van der Waals surface area contributed by atoms with Crippen LogP contribution in [-0.2, 0) is 20.6 Å². The minimum atomic E-state index is -3.43. The first-order chi connectivity index (χ1) is 12.4. The second kappa shape index (κ2) is 8.49. The Bertz CT molecular complexity index is 854. The van der Waals surface area contributed by atoms with E-state index in [9.17, 15) is 13.2 Å². The first kappa shape index (κ1) is 19.3. The molecule has 0 spiro atoms. The molecule has 0 unspecified atom stereocenters. The summed E-state index contributed by atoms with van der Waals surface area (Å²) in [6, 6.07) is 16.7. The van der Waals surface area contributed by atoms with E-state index in [4.69, 9.17) is 0 Å². The smallest absolute Gasteiger partial charge is 0.228 e. The van der Waals surface area contributed by atoms with Gasteiger partial charge in [-0.3, -0.25) is 4.79 Å². The van der Waals surface area contributed by atoms with Crippen molar-refractivity contribution >= 4 is 44.2 Å². The number of halogens is 1. The largest absolute Gasteiger partial charge is 0.326 e. The summed E-state index contributed by atoms with van der Waals surface area (Å²) in [5.41, 5.74) is 1.50. The molecule has 1 heterocycles. The molecular formula is C19H21IN2O3S. The molecule has 0 aromatic heterocycles. The Balaban J connectivity index is 1.64. The average molecular weight is 484 g/mol. The van der Waals surface area contributed by atoms with Crippen molar-refractivity contribution in [1.29, 1.82) is 0 Å². The van der Waals surface area contributed by atoms with Crippen molar-refractivity contribution < 1.29 is 13.2 Å². The number of benzene rings is 2. The standard InChI is InChI=1S/C19H21IN2O3S/c20-17-8-10-18(11-9-17)21-19(23)16-7-4-12-22(13-16)26(24,25)14-15-5-2-1-3-6-15/h1-3,5-6,8-11,16H,4,7,12-14H2,(H,21,23)/t16-/m1/s1. The normalized spacial score (nSPS) is 18.4. The van der Waals surface area contributed by atoms with Crippen LogP contribution in [0.3, 0.4) is 0 Å². The summed E-state index contributed by atoms with van der Waals surface area (Å²) in [7, 11) is -3.43. The lowest BCUT2D eigenvalue weighted by Crippen LogP contribution is -2.44. The third kappa shape index (κ3) is 5.05. The fourth-order valence-electron chi connectivity index (χ4n) is 3.06. The number of hydrogen-bond acceptors (Lipinski definition) is 3. The molecule has 2 aromatic rings. The Kier molecular flexibility index (Phi) is 6.31. The van der Waals surface area contributed by atoms with Crippen LogP contribution >= 0.6 is 22.6 Å². The van der Waals surface area contributed by atoms with Gasteiger partial charge in [0.1, 0.15) is 0 Å². The molecule has 1 atom stereocenters. The van der Waals surface area contributed by atoms with Crippen molar-refractivity contribution in [2.75, 3.05) is 18.4 Å². The lowest BCUT2D eigenvalue weighted by Gasteiger charge is -2.31. The minimum absolute atomic E-state index is 0.0285. The van der Waals surface area contributed by atoms with E-state index >= 15 is 0 Å². The van der Waals surface area contributed by atoms with Gasteiger partial charge in [-0.1, -0.05) is 30.3 Å². The van der Waals surface area contributed by atoms with E-state index < -0.39 is 10.0 Å². The molecule has 1 fully saturated rings. The highest BCUT2D eigenvalue weighted by atomic mass is 127. The van der Waals surface area contributed by atoms with Gasteiger partial charge in [0.05, 0.1) is 11.7 Å². The van der Waals surface area contributed by atoms with Crippen LogP contribution < -0.4 is 5.32 Å². The zero-order valence-corrected chi connectivity index (χ0v) is 17.2. The number of hydrogen-bond donors (Lipinski definition) is 1. The highest BCUT2D eigenvalue weighted by molar-refractivity contribution is 14.1. The average Bonchev–Trinajstić information content (AvgIpc) is 2.64. The first-order valence-electron chi connectivity index (χ1n) is 8.52. The van der Waals surface area contributed by atoms with Crippen LogP contribution in [0.5, 0.6) is 0 Å². The maximum absolute atomic E-state index is 12.7. The summed E-state index contributed by atoms with van der Waals surface area (Å²) < 4.78 is 28.0. The van der Waals surface area contributed by atoms with Gasteiger partial charge in [0.25, 0.3) is 0 Å². The van der Waals surface area contributed by atoms with E-state index in [0.29, 0.717) is 19.4 Å². The minimum Gasteiger partial charge on any atom is -0.326 e. The second-order valence-corrected chi connectivity index (χ2v) is 9.65. The summed E-state index contributed by atoms with van der Waals surface area (Å²) in [5, 5.41) is 2.90. The number of anilines is 1. The van der Waals surface area contributed by atoms with Crippen molar-refractivity contribution in [2.24, 2.45) is 5.92 Å². The van der Waals surface area contributed by atoms with Gasteiger partial charge >= 0.3 is 0 Å². The number of carbonyl (C=O) groups excluding carboxylic acids is 1. The van der Waals surface area contributed by atoms with E-state index in [2.05, 4.69) is 27.9 Å². The molecule has 3 rings (SSSR count). The molecule has 0 saturated carbocycles. The summed E-state index contributed by atoms with van der Waals surface area (Å²) >= 11 is 2.21. The fraction of sp³-hybridized carbons (Fsp3) is 0.316. The van der Waals surface area contributed by atoms with Crippen LogP contribution in [0.2, 0.25) is 0 Å². The van der Waals surface area contributed by atoms with Crippen molar-refractivity contribution in [3.8, 4) is 0 Å². The van der Waals surface area contributed by atoms with E-state index in [-0.39, 0.29) is 24.1 Å². The van der Waals surface area contributed by atoms with Gasteiger partial charge in [0, 0.05) is 22.3 Å². The van der Waals surface area contributed by atoms with E-state index in [1.54, 1.807) is 0 Å². The zero-order chi connectivity index (χ0) is 18.6. The van der Waals surface area contributed by atoms with Crippen LogP contribution in [0.4, 0.5) is 5.69 Å². The molecular weight excluding hydrogens is 463 g/mol. The van der Waals surface area contributed by atoms with Crippen molar-refractivity contribution in [3.63, 3.8) is 0 Å². The van der Waals surface area contributed by atoms with E-state index in [0.717, 1.165) is 14.8 Å². The van der Waals surface area contributed by atoms with Crippen LogP contribution in [-0.4, -0.2) is 31.7 Å². The predicted octanol–water partition coefficient (Wildman–Crippen LogP) is 3.47. The highest BCUT2D eigenvalue weighted by Gasteiger charge is 2.32. The Hall–Kier alpha value is -1.45. The number of nitrogens with zero attached hydrogens (tertiary/aromatic N) is 1. The van der Waals surface area contributed by atoms with Gasteiger partial charge in [0.15, 0.2) is 0 Å². The SMILES string of the molecule is O=C(Nc1ccc(I)cc1)[C@@H]1CCCN(S(=O)(=O)Cc2ccccc2)C1. The van der Waals surface area contributed by atoms with Crippen LogP contribution in [0.25, 0.3) is 0 Å². The molecule has 7 heteroatoms. The maximum Gasteiger partial charge on any atom is 0.228 e. The Labute approximate surface area is 168 Å². The van der Waals surface area contributed by atoms with Gasteiger partial charge in [-0.2, -0.15) is 0 Å². The topological polar surface area (TPSA) is 66.5 Å². The lowest BCUT2D eigenvalue weighted by molar-refractivity contribution is -0.120. The van der Waals surface area contributed by atoms with Crippen molar-refractivity contribution in [3.05, 3.63) is 63.7 Å². The van der Waals surface area contributed by atoms with Gasteiger partial charge in [0.2, 0.25) is 15.9 Å². The zero-order valence-electron chi connectivity index (χ0n) is 14.3. The molecule has 1 aliphatic rings. The molecule has 138 valence electrons. The second-order valence-electron chi connectivity index (χ2n) is 6.44. The summed E-state index contributed by atoms with van der Waals surface area (Å²) in [6.45, 7) is 0.716. The Morgan fingerprint density at radius 2 is 1.81 bits per heavy atom. The summed E-state index contributed by atoms with van der Waals surface area (Å²) in [4.78, 5) is 12.5. The van der Waals surface area contributed by atoms with E-state index in [1.165, 1.54) is 4.31 Å². The molecule has 26 heavy (non-hydrogen) atoms. The van der Waals surface area contributed by atoms with Gasteiger partial charge in [-0.05, 0) is 65.3 Å². The third-order valence-electron chi connectivity index (χ3n) is 4.45. The molecule has 0 aliphatic carbocycles. The summed E-state index contributed by atoms with van der Waals surface area (Å²) in [5.74, 6) is -0.473. The first-order valence-corrected chi connectivity index (χ1v) is 11.2. The van der Waals surface area contributed by atoms with Crippen LogP contribution in [0.15, 0.2) is 54.6 Å². The van der Waals surface area contributed by atoms with Gasteiger partial charge in [-0.15, -0.1) is 0 Å². The van der Waals surface area contributed by atoms with Crippen LogP contribution in [0, 0.1) is 9.49 Å². The van der Waals surface area contributed by atoms with Gasteiger partial charge < -0.3 is 5.32 Å². The molecule has 0 bridgehead atoms. The quantitative estimate of drug-likeness (QED) is 0.662. The lowest BCUT2D eigenvalue weighted by atomic mass is 9.99. The molecule has 1 N–H and O–H groups in total. The third-order valence-corrected chi connectivity index (χ3v) is 6.99. The summed E-state index contributed by atoms with van der Waals surface area (Å²) in [6.07, 6.45) is 1.40. The number of carbonyl (C=O) groups is 1. The Morgan fingerprint density at radius 3 is 2.50 bits per heavy atom. The van der Waals surface area contributed by atoms with Crippen molar-refractivity contribution in [1.82, 2.24) is 4.31 Å². The molecule has 2 aromatic carbocycles. The van der Waals surface area contributed by atoms with E-state index in [1.807, 2.05) is 54.6 Å². The number of rotatable bonds is 5.